The minimum atomic E-state index is -4.86. The molecule has 0 bridgehead atoms. The predicted molar refractivity (Wildman–Crippen MR) is 42.7 cm³/mol. The molecule has 16 heavy (non-hydrogen) atoms. The van der Waals surface area contributed by atoms with Crippen LogP contribution >= 0.6 is 0 Å². The molecule has 8 heteroatoms. The summed E-state index contributed by atoms with van der Waals surface area (Å²) < 4.78 is 61.2. The van der Waals surface area contributed by atoms with Crippen molar-refractivity contribution in [3.8, 4) is 0 Å². The van der Waals surface area contributed by atoms with Gasteiger partial charge in [0.05, 0.1) is 11.1 Å². The topological polar surface area (TPSA) is 56.0 Å². The van der Waals surface area contributed by atoms with Crippen LogP contribution < -0.4 is 5.73 Å². The number of nitrogens with two attached hydrogens (primary N) is 1. The molecule has 0 aliphatic carbocycles. The molecule has 2 N–H and O–H groups in total. The lowest BCUT2D eigenvalue weighted by Crippen LogP contribution is -2.20. The van der Waals surface area contributed by atoms with Crippen molar-refractivity contribution in [2.24, 2.45) is 5.73 Å². The van der Waals surface area contributed by atoms with Crippen LogP contribution in [0, 0.1) is 0 Å². The number of carbonyl (C=O) groups is 1. The summed E-state index contributed by atoms with van der Waals surface area (Å²) in [6, 6.07) is 0.343. The largest absolute Gasteiger partial charge is 0.418 e. The number of amides is 1. The number of hydrogen-bond acceptors (Lipinski definition) is 2. The summed E-state index contributed by atoms with van der Waals surface area (Å²) in [7, 11) is 0. The molecule has 1 aromatic heterocycles. The number of nitrogens with zero attached hydrogens (tertiary/aromatic N) is 1. The average molecular weight is 240 g/mol. The maximum absolute atomic E-state index is 12.3. The molecule has 1 heterocycles. The van der Waals surface area contributed by atoms with Gasteiger partial charge in [0, 0.05) is 6.20 Å². The van der Waals surface area contributed by atoms with Crippen molar-refractivity contribution >= 4 is 5.91 Å². The molecule has 3 nitrogen and oxygen atoms in total. The van der Waals surface area contributed by atoms with Crippen LogP contribution in [-0.4, -0.2) is 10.9 Å². The molecule has 0 radical (unpaired) electrons. The van der Waals surface area contributed by atoms with Crippen LogP contribution in [0.25, 0.3) is 0 Å². The van der Waals surface area contributed by atoms with Gasteiger partial charge in [-0.25, -0.2) is 8.78 Å². The average Bonchev–Trinajstić information content (AvgIpc) is 2.15. The highest BCUT2D eigenvalue weighted by Gasteiger charge is 2.35. The first-order valence-corrected chi connectivity index (χ1v) is 3.88. The standard InChI is InChI=1S/C8H5F5N2O/c9-6(10)5-1-3(7(14)16)4(2-15-5)8(11,12)13/h1-2,6H,(H2,14,16). The Balaban J connectivity index is 3.37. The number of alkyl halides is 5. The van der Waals surface area contributed by atoms with Crippen LogP contribution in [0.1, 0.15) is 28.0 Å². The quantitative estimate of drug-likeness (QED) is 0.805. The molecule has 1 aromatic rings. The lowest BCUT2D eigenvalue weighted by molar-refractivity contribution is -0.138. The van der Waals surface area contributed by atoms with Crippen LogP contribution in [0.3, 0.4) is 0 Å². The van der Waals surface area contributed by atoms with Crippen LogP contribution in [0.5, 0.6) is 0 Å². The zero-order chi connectivity index (χ0) is 12.5. The number of aromatic nitrogens is 1. The first-order valence-electron chi connectivity index (χ1n) is 3.88. The Morgan fingerprint density at radius 3 is 2.31 bits per heavy atom. The fraction of sp³-hybridized carbons (Fsp3) is 0.250. The van der Waals surface area contributed by atoms with Gasteiger partial charge in [-0.2, -0.15) is 13.2 Å². The summed E-state index contributed by atoms with van der Waals surface area (Å²) >= 11 is 0. The third-order valence-corrected chi connectivity index (χ3v) is 1.72. The summed E-state index contributed by atoms with van der Waals surface area (Å²) in [5.74, 6) is -1.43. The van der Waals surface area contributed by atoms with Gasteiger partial charge in [0.25, 0.3) is 6.43 Å². The molecule has 0 atom stereocenters. The van der Waals surface area contributed by atoms with Gasteiger partial charge in [-0.1, -0.05) is 0 Å². The van der Waals surface area contributed by atoms with E-state index in [1.807, 2.05) is 0 Å². The van der Waals surface area contributed by atoms with Gasteiger partial charge in [-0.15, -0.1) is 0 Å². The van der Waals surface area contributed by atoms with E-state index in [9.17, 15) is 26.7 Å². The minimum absolute atomic E-state index is 0.168. The smallest absolute Gasteiger partial charge is 0.366 e. The first kappa shape index (κ1) is 12.3. The molecule has 0 aliphatic heterocycles. The van der Waals surface area contributed by atoms with Crippen LogP contribution in [0.4, 0.5) is 22.0 Å². The maximum Gasteiger partial charge on any atom is 0.418 e. The molecular formula is C8H5F5N2O. The molecular weight excluding hydrogens is 235 g/mol. The molecule has 88 valence electrons. The third kappa shape index (κ3) is 2.44. The van der Waals surface area contributed by atoms with Crippen molar-refractivity contribution < 1.29 is 26.7 Å². The van der Waals surface area contributed by atoms with Gasteiger partial charge < -0.3 is 5.73 Å². The van der Waals surface area contributed by atoms with Crippen molar-refractivity contribution in [3.05, 3.63) is 29.1 Å². The van der Waals surface area contributed by atoms with E-state index in [0.717, 1.165) is 0 Å². The van der Waals surface area contributed by atoms with Gasteiger partial charge in [0.1, 0.15) is 5.69 Å². The number of rotatable bonds is 2. The number of carbonyl (C=O) groups excluding carboxylic acids is 1. The van der Waals surface area contributed by atoms with Crippen LogP contribution in [0.15, 0.2) is 12.3 Å². The second-order valence-corrected chi connectivity index (χ2v) is 2.82. The number of hydrogen-bond donors (Lipinski definition) is 1. The zero-order valence-electron chi connectivity index (χ0n) is 7.55. The minimum Gasteiger partial charge on any atom is -0.366 e. The molecule has 0 fully saturated rings. The molecule has 1 rings (SSSR count). The number of halogens is 5. The monoisotopic (exact) mass is 240 g/mol. The van der Waals surface area contributed by atoms with E-state index in [4.69, 9.17) is 0 Å². The van der Waals surface area contributed by atoms with Gasteiger partial charge >= 0.3 is 6.18 Å². The maximum atomic E-state index is 12.3. The SMILES string of the molecule is NC(=O)c1cc(C(F)F)ncc1C(F)(F)F. The molecule has 0 saturated carbocycles. The summed E-state index contributed by atoms with van der Waals surface area (Å²) in [4.78, 5) is 13.6. The highest BCUT2D eigenvalue weighted by Crippen LogP contribution is 2.32. The van der Waals surface area contributed by atoms with Crippen molar-refractivity contribution in [2.75, 3.05) is 0 Å². The van der Waals surface area contributed by atoms with Gasteiger partial charge in [0.15, 0.2) is 0 Å². The van der Waals surface area contributed by atoms with Gasteiger partial charge in [0.2, 0.25) is 5.91 Å². The summed E-state index contributed by atoms with van der Waals surface area (Å²) in [6.07, 6.45) is -7.76. The van der Waals surface area contributed by atoms with E-state index in [1.54, 1.807) is 0 Å². The zero-order valence-corrected chi connectivity index (χ0v) is 7.55. The molecule has 0 saturated heterocycles. The van der Waals surface area contributed by atoms with Crippen LogP contribution in [0.2, 0.25) is 0 Å². The molecule has 0 unspecified atom stereocenters. The molecule has 0 spiro atoms. The van der Waals surface area contributed by atoms with E-state index in [-0.39, 0.29) is 6.20 Å². The Morgan fingerprint density at radius 1 is 1.38 bits per heavy atom. The van der Waals surface area contributed by atoms with E-state index in [0.29, 0.717) is 6.07 Å². The molecule has 0 aliphatic rings. The second kappa shape index (κ2) is 4.03. The van der Waals surface area contributed by atoms with Crippen LogP contribution in [-0.2, 0) is 6.18 Å². The van der Waals surface area contributed by atoms with Gasteiger partial charge in [-0.3, -0.25) is 9.78 Å². The van der Waals surface area contributed by atoms with Crippen molar-refractivity contribution in [1.82, 2.24) is 4.98 Å². The van der Waals surface area contributed by atoms with E-state index in [2.05, 4.69) is 10.7 Å². The normalized spacial score (nSPS) is 11.9. The fourth-order valence-corrected chi connectivity index (χ4v) is 1.02. The van der Waals surface area contributed by atoms with Crippen molar-refractivity contribution in [1.29, 1.82) is 0 Å². The lowest BCUT2D eigenvalue weighted by Gasteiger charge is -2.11. The third-order valence-electron chi connectivity index (χ3n) is 1.72. The van der Waals surface area contributed by atoms with E-state index < -0.39 is 35.3 Å². The predicted octanol–water partition coefficient (Wildman–Crippen LogP) is 2.14. The Bertz CT molecular complexity index is 415. The van der Waals surface area contributed by atoms with E-state index >= 15 is 0 Å². The van der Waals surface area contributed by atoms with Gasteiger partial charge in [-0.05, 0) is 6.07 Å². The fourth-order valence-electron chi connectivity index (χ4n) is 1.02. The summed E-state index contributed by atoms with van der Waals surface area (Å²) in [5.41, 5.74) is 1.30. The highest BCUT2D eigenvalue weighted by molar-refractivity contribution is 5.94. The summed E-state index contributed by atoms with van der Waals surface area (Å²) in [5, 5.41) is 0. The number of primary amides is 1. The Labute approximate surface area is 86.1 Å². The number of pyridine rings is 1. The molecule has 1 amide bonds. The Kier molecular flexibility index (Phi) is 3.11. The second-order valence-electron chi connectivity index (χ2n) is 2.82. The molecule has 0 aromatic carbocycles. The van der Waals surface area contributed by atoms with Crippen molar-refractivity contribution in [3.63, 3.8) is 0 Å². The lowest BCUT2D eigenvalue weighted by atomic mass is 10.1. The Morgan fingerprint density at radius 2 is 1.94 bits per heavy atom. The first-order chi connectivity index (χ1) is 7.23. The van der Waals surface area contributed by atoms with Crippen molar-refractivity contribution in [2.45, 2.75) is 12.6 Å². The summed E-state index contributed by atoms with van der Waals surface area (Å²) in [6.45, 7) is 0. The highest BCUT2D eigenvalue weighted by atomic mass is 19.4. The Hall–Kier alpha value is -1.73. The van der Waals surface area contributed by atoms with E-state index in [1.165, 1.54) is 0 Å².